The smallest absolute Gasteiger partial charge is 0.164 e. The molecule has 9 aromatic rings. The fourth-order valence-corrected chi connectivity index (χ4v) is 8.49. The van der Waals surface area contributed by atoms with Crippen molar-refractivity contribution in [3.8, 4) is 67.9 Å². The molecule has 2 aliphatic rings. The second kappa shape index (κ2) is 11.9. The van der Waals surface area contributed by atoms with Crippen molar-refractivity contribution in [3.63, 3.8) is 0 Å². The zero-order valence-electron chi connectivity index (χ0n) is 29.0. The van der Waals surface area contributed by atoms with Gasteiger partial charge in [-0.2, -0.15) is 0 Å². The van der Waals surface area contributed by atoms with Crippen molar-refractivity contribution in [3.05, 3.63) is 204 Å². The van der Waals surface area contributed by atoms with E-state index in [1.807, 2.05) is 48.7 Å². The van der Waals surface area contributed by atoms with Gasteiger partial charge in [-0.1, -0.05) is 158 Å². The highest BCUT2D eigenvalue weighted by Gasteiger charge is 2.50. The van der Waals surface area contributed by atoms with Gasteiger partial charge in [0.15, 0.2) is 17.5 Å². The van der Waals surface area contributed by atoms with E-state index in [1.54, 1.807) is 0 Å². The standard InChI is InChI=1S/C49H30N4O/c1-2-12-33(13-3-1)46-51-47(34-25-23-31(24-26-34)36-18-10-14-32-15-11-29-50-45(32)36)53-48(52-46)35-27-28-42-44(30-35)54-43-22-9-8-21-41(43)49(42)39-19-6-4-16-37(39)38-17-5-7-20-40(38)49/h1-30H. The Kier molecular flexibility index (Phi) is 6.70. The van der Waals surface area contributed by atoms with Crippen LogP contribution in [0, 0.1) is 0 Å². The van der Waals surface area contributed by atoms with Crippen LogP contribution in [-0.4, -0.2) is 19.9 Å². The van der Waals surface area contributed by atoms with Gasteiger partial charge >= 0.3 is 0 Å². The maximum atomic E-state index is 6.80. The third-order valence-corrected chi connectivity index (χ3v) is 10.9. The van der Waals surface area contributed by atoms with Crippen molar-refractivity contribution in [2.24, 2.45) is 0 Å². The van der Waals surface area contributed by atoms with Gasteiger partial charge in [-0.25, -0.2) is 15.0 Å². The maximum absolute atomic E-state index is 6.80. The van der Waals surface area contributed by atoms with Gasteiger partial charge in [-0.3, -0.25) is 4.98 Å². The predicted octanol–water partition coefficient (Wildman–Crippen LogP) is 11.6. The average molecular weight is 691 g/mol. The molecule has 0 atom stereocenters. The van der Waals surface area contributed by atoms with Crippen molar-refractivity contribution in [2.75, 3.05) is 0 Å². The molecule has 0 N–H and O–H groups in total. The van der Waals surface area contributed by atoms with Crippen LogP contribution in [0.3, 0.4) is 0 Å². The van der Waals surface area contributed by atoms with Gasteiger partial charge in [-0.15, -0.1) is 0 Å². The molecule has 0 bridgehead atoms. The van der Waals surface area contributed by atoms with E-state index in [9.17, 15) is 0 Å². The van der Waals surface area contributed by atoms with Crippen molar-refractivity contribution >= 4 is 10.9 Å². The average Bonchev–Trinajstić information content (AvgIpc) is 3.54. The SMILES string of the molecule is c1ccc(-c2nc(-c3ccc(-c4cccc5cccnc45)cc3)nc(-c3ccc4c(c3)Oc3ccccc3C43c4ccccc4-c4ccccc43)n2)cc1. The fourth-order valence-electron chi connectivity index (χ4n) is 8.49. The number of ether oxygens (including phenoxy) is 1. The summed E-state index contributed by atoms with van der Waals surface area (Å²) in [5, 5.41) is 1.11. The molecule has 2 aromatic heterocycles. The molecule has 5 nitrogen and oxygen atoms in total. The van der Waals surface area contributed by atoms with Crippen LogP contribution >= 0.6 is 0 Å². The lowest BCUT2D eigenvalue weighted by atomic mass is 9.66. The molecule has 1 spiro atoms. The molecular formula is C49H30N4O. The molecule has 0 radical (unpaired) electrons. The number of hydrogen-bond donors (Lipinski definition) is 0. The first kappa shape index (κ1) is 30.4. The van der Waals surface area contributed by atoms with Gasteiger partial charge in [0.25, 0.3) is 0 Å². The van der Waals surface area contributed by atoms with Crippen LogP contribution in [0.4, 0.5) is 0 Å². The molecule has 0 saturated carbocycles. The first-order valence-corrected chi connectivity index (χ1v) is 18.1. The number of fused-ring (bicyclic) bond motifs is 10. The van der Waals surface area contributed by atoms with E-state index >= 15 is 0 Å². The molecule has 0 amide bonds. The Morgan fingerprint density at radius 2 is 0.907 bits per heavy atom. The van der Waals surface area contributed by atoms with Crippen LogP contribution in [-0.2, 0) is 5.41 Å². The number of para-hydroxylation sites is 2. The first-order valence-electron chi connectivity index (χ1n) is 18.1. The van der Waals surface area contributed by atoms with E-state index in [0.29, 0.717) is 17.5 Å². The van der Waals surface area contributed by atoms with Crippen LogP contribution in [0.1, 0.15) is 22.3 Å². The molecule has 1 aliphatic heterocycles. The molecule has 1 aliphatic carbocycles. The second-order valence-electron chi connectivity index (χ2n) is 13.8. The van der Waals surface area contributed by atoms with Gasteiger partial charge in [-0.05, 0) is 46.0 Å². The second-order valence-corrected chi connectivity index (χ2v) is 13.8. The number of aromatic nitrogens is 4. The summed E-state index contributed by atoms with van der Waals surface area (Å²) in [6.45, 7) is 0. The maximum Gasteiger partial charge on any atom is 0.164 e. The van der Waals surface area contributed by atoms with Crippen molar-refractivity contribution in [1.82, 2.24) is 19.9 Å². The third kappa shape index (κ3) is 4.52. The number of hydrogen-bond acceptors (Lipinski definition) is 5. The number of pyridine rings is 1. The quantitative estimate of drug-likeness (QED) is 0.184. The van der Waals surface area contributed by atoms with E-state index in [-0.39, 0.29) is 0 Å². The Bertz CT molecular complexity index is 2870. The lowest BCUT2D eigenvalue weighted by molar-refractivity contribution is 0.436. The summed E-state index contributed by atoms with van der Waals surface area (Å²) in [4.78, 5) is 19.9. The Morgan fingerprint density at radius 1 is 0.370 bits per heavy atom. The van der Waals surface area contributed by atoms with Crippen LogP contribution in [0.25, 0.3) is 67.3 Å². The highest BCUT2D eigenvalue weighted by Crippen LogP contribution is 2.62. The third-order valence-electron chi connectivity index (χ3n) is 10.9. The minimum Gasteiger partial charge on any atom is -0.457 e. The lowest BCUT2D eigenvalue weighted by Gasteiger charge is -2.39. The summed E-state index contributed by atoms with van der Waals surface area (Å²) in [5.41, 5.74) is 12.5. The summed E-state index contributed by atoms with van der Waals surface area (Å²) >= 11 is 0. The molecule has 0 fully saturated rings. The Hall–Kier alpha value is -7.24. The highest BCUT2D eigenvalue weighted by atomic mass is 16.5. The van der Waals surface area contributed by atoms with E-state index in [1.165, 1.54) is 22.3 Å². The van der Waals surface area contributed by atoms with Gasteiger partial charge < -0.3 is 4.74 Å². The van der Waals surface area contributed by atoms with E-state index in [2.05, 4.69) is 138 Å². The topological polar surface area (TPSA) is 60.8 Å². The zero-order chi connectivity index (χ0) is 35.6. The van der Waals surface area contributed by atoms with Gasteiger partial charge in [0.1, 0.15) is 11.5 Å². The summed E-state index contributed by atoms with van der Waals surface area (Å²) in [6, 6.07) is 61.2. The highest BCUT2D eigenvalue weighted by molar-refractivity contribution is 5.94. The van der Waals surface area contributed by atoms with Crippen LogP contribution in [0.15, 0.2) is 182 Å². The lowest BCUT2D eigenvalue weighted by Crippen LogP contribution is -2.32. The fraction of sp³-hybridized carbons (Fsp3) is 0.0204. The van der Waals surface area contributed by atoms with Crippen molar-refractivity contribution in [1.29, 1.82) is 0 Å². The molecule has 54 heavy (non-hydrogen) atoms. The van der Waals surface area contributed by atoms with E-state index in [4.69, 9.17) is 19.7 Å². The van der Waals surface area contributed by atoms with Gasteiger partial charge in [0, 0.05) is 45.0 Å². The molecule has 0 saturated heterocycles. The van der Waals surface area contributed by atoms with E-state index in [0.717, 1.165) is 61.3 Å². The van der Waals surface area contributed by atoms with Crippen molar-refractivity contribution < 1.29 is 4.74 Å². The zero-order valence-corrected chi connectivity index (χ0v) is 29.0. The largest absolute Gasteiger partial charge is 0.457 e. The van der Waals surface area contributed by atoms with Crippen molar-refractivity contribution in [2.45, 2.75) is 5.41 Å². The predicted molar refractivity (Wildman–Crippen MR) is 214 cm³/mol. The van der Waals surface area contributed by atoms with Crippen LogP contribution in [0.2, 0.25) is 0 Å². The van der Waals surface area contributed by atoms with Crippen LogP contribution < -0.4 is 4.74 Å². The Labute approximate surface area is 312 Å². The summed E-state index contributed by atoms with van der Waals surface area (Å²) in [5.74, 6) is 3.41. The van der Waals surface area contributed by atoms with Gasteiger partial charge in [0.05, 0.1) is 10.9 Å². The first-order chi connectivity index (χ1) is 26.8. The molecule has 252 valence electrons. The van der Waals surface area contributed by atoms with Crippen LogP contribution in [0.5, 0.6) is 11.5 Å². The monoisotopic (exact) mass is 690 g/mol. The summed E-state index contributed by atoms with van der Waals surface area (Å²) in [7, 11) is 0. The molecule has 7 aromatic carbocycles. The Morgan fingerprint density at radius 3 is 1.65 bits per heavy atom. The molecular weight excluding hydrogens is 661 g/mol. The molecule has 3 heterocycles. The molecule has 0 unspecified atom stereocenters. The van der Waals surface area contributed by atoms with E-state index < -0.39 is 5.41 Å². The number of benzene rings is 7. The molecule has 5 heteroatoms. The Balaban J connectivity index is 1.07. The van der Waals surface area contributed by atoms with Gasteiger partial charge in [0.2, 0.25) is 0 Å². The normalized spacial score (nSPS) is 13.1. The minimum absolute atomic E-state index is 0.531. The number of nitrogens with zero attached hydrogens (tertiary/aromatic N) is 4. The number of rotatable bonds is 4. The summed E-state index contributed by atoms with van der Waals surface area (Å²) < 4.78 is 6.80. The molecule has 11 rings (SSSR count). The summed E-state index contributed by atoms with van der Waals surface area (Å²) in [6.07, 6.45) is 1.84. The minimum atomic E-state index is -0.531.